The maximum absolute atomic E-state index is 13.5. The summed E-state index contributed by atoms with van der Waals surface area (Å²) in [7, 11) is -1.85. The normalized spacial score (nSPS) is 16.5. The van der Waals surface area contributed by atoms with Crippen LogP contribution in [-0.2, 0) is 16.4 Å². The molecule has 4 rings (SSSR count). The molecule has 27 heavy (non-hydrogen) atoms. The molecule has 0 amide bonds. The first-order valence-corrected chi connectivity index (χ1v) is 10.7. The van der Waals surface area contributed by atoms with Crippen LogP contribution in [0.5, 0.6) is 0 Å². The van der Waals surface area contributed by atoms with E-state index in [4.69, 9.17) is 11.6 Å². The van der Waals surface area contributed by atoms with Gasteiger partial charge in [-0.05, 0) is 61.7 Å². The Morgan fingerprint density at radius 3 is 2.63 bits per heavy atom. The monoisotopic (exact) mass is 400 g/mol. The fourth-order valence-corrected chi connectivity index (χ4v) is 5.61. The molecule has 0 aliphatic heterocycles. The number of fused-ring (bicyclic) bond motifs is 1. The largest absolute Gasteiger partial charge is 0.313 e. The van der Waals surface area contributed by atoms with Gasteiger partial charge in [-0.2, -0.15) is 0 Å². The van der Waals surface area contributed by atoms with Crippen molar-refractivity contribution in [3.63, 3.8) is 0 Å². The Labute approximate surface area is 164 Å². The average molecular weight is 401 g/mol. The molecular weight excluding hydrogens is 380 g/mol. The van der Waals surface area contributed by atoms with Crippen molar-refractivity contribution in [2.75, 3.05) is 7.05 Å². The van der Waals surface area contributed by atoms with Crippen LogP contribution in [0.15, 0.2) is 59.6 Å². The summed E-state index contributed by atoms with van der Waals surface area (Å²) in [6.45, 7) is 2.01. The van der Waals surface area contributed by atoms with E-state index < -0.39 is 10.0 Å². The van der Waals surface area contributed by atoms with Gasteiger partial charge in [0.2, 0.25) is 0 Å². The Morgan fingerprint density at radius 2 is 1.93 bits per heavy atom. The van der Waals surface area contributed by atoms with Crippen LogP contribution in [0.4, 0.5) is 0 Å². The van der Waals surface area contributed by atoms with Crippen molar-refractivity contribution >= 4 is 21.6 Å². The molecule has 0 saturated carbocycles. The smallest absolute Gasteiger partial charge is 0.268 e. The quantitative estimate of drug-likeness (QED) is 0.698. The van der Waals surface area contributed by atoms with Crippen molar-refractivity contribution in [3.05, 3.63) is 76.4 Å². The molecule has 1 N–H and O–H groups in total. The lowest BCUT2D eigenvalue weighted by molar-refractivity contribution is 0.579. The van der Waals surface area contributed by atoms with E-state index in [2.05, 4.69) is 5.32 Å². The molecule has 2 aromatic carbocycles. The summed E-state index contributed by atoms with van der Waals surface area (Å²) >= 11 is 6.06. The summed E-state index contributed by atoms with van der Waals surface area (Å²) in [5.74, 6) is 0. The molecular formula is C21H21ClN2O2S. The molecule has 140 valence electrons. The van der Waals surface area contributed by atoms with Gasteiger partial charge in [0.05, 0.1) is 10.6 Å². The third-order valence-corrected chi connectivity index (χ3v) is 7.16. The molecule has 0 saturated heterocycles. The van der Waals surface area contributed by atoms with E-state index in [1.807, 2.05) is 38.2 Å². The minimum Gasteiger partial charge on any atom is -0.313 e. The molecule has 1 aliphatic rings. The van der Waals surface area contributed by atoms with Crippen LogP contribution in [0.25, 0.3) is 11.3 Å². The molecule has 0 fully saturated rings. The van der Waals surface area contributed by atoms with E-state index in [1.54, 1.807) is 24.4 Å². The highest BCUT2D eigenvalue weighted by Crippen LogP contribution is 2.41. The van der Waals surface area contributed by atoms with Gasteiger partial charge in [-0.15, -0.1) is 0 Å². The Kier molecular flexibility index (Phi) is 4.62. The summed E-state index contributed by atoms with van der Waals surface area (Å²) in [6.07, 6.45) is 3.60. The number of nitrogens with one attached hydrogen (secondary N) is 1. The molecule has 1 atom stereocenters. The SMILES string of the molecule is CNC1CCc2c1cn(S(=O)(=O)c1cccc(Cl)c1)c2-c1ccccc1C. The van der Waals surface area contributed by atoms with Crippen LogP contribution in [0.3, 0.4) is 0 Å². The van der Waals surface area contributed by atoms with E-state index in [-0.39, 0.29) is 10.9 Å². The number of hydrogen-bond donors (Lipinski definition) is 1. The molecule has 6 heteroatoms. The third kappa shape index (κ3) is 3.00. The van der Waals surface area contributed by atoms with Crippen LogP contribution in [0.1, 0.15) is 29.2 Å². The summed E-state index contributed by atoms with van der Waals surface area (Å²) < 4.78 is 28.4. The first kappa shape index (κ1) is 18.3. The molecule has 1 unspecified atom stereocenters. The predicted octanol–water partition coefficient (Wildman–Crippen LogP) is 4.56. The van der Waals surface area contributed by atoms with Gasteiger partial charge in [0.1, 0.15) is 0 Å². The highest BCUT2D eigenvalue weighted by Gasteiger charge is 2.32. The van der Waals surface area contributed by atoms with E-state index in [9.17, 15) is 8.42 Å². The number of benzene rings is 2. The summed E-state index contributed by atoms with van der Waals surface area (Å²) in [4.78, 5) is 0.194. The molecule has 1 aromatic heterocycles. The van der Waals surface area contributed by atoms with Gasteiger partial charge in [-0.3, -0.25) is 0 Å². The molecule has 3 aromatic rings. The third-order valence-electron chi connectivity index (χ3n) is 5.27. The van der Waals surface area contributed by atoms with Gasteiger partial charge in [-0.25, -0.2) is 12.4 Å². The van der Waals surface area contributed by atoms with Crippen molar-refractivity contribution in [2.45, 2.75) is 30.7 Å². The molecule has 0 spiro atoms. The maximum atomic E-state index is 13.5. The van der Waals surface area contributed by atoms with Crippen molar-refractivity contribution in [1.29, 1.82) is 0 Å². The average Bonchev–Trinajstić information content (AvgIpc) is 3.21. The second-order valence-electron chi connectivity index (χ2n) is 6.86. The lowest BCUT2D eigenvalue weighted by Gasteiger charge is -2.15. The highest BCUT2D eigenvalue weighted by atomic mass is 35.5. The highest BCUT2D eigenvalue weighted by molar-refractivity contribution is 7.90. The lowest BCUT2D eigenvalue weighted by Crippen LogP contribution is -2.16. The molecule has 0 bridgehead atoms. The van der Waals surface area contributed by atoms with Crippen LogP contribution < -0.4 is 5.32 Å². The van der Waals surface area contributed by atoms with E-state index >= 15 is 0 Å². The predicted molar refractivity (Wildman–Crippen MR) is 109 cm³/mol. The van der Waals surface area contributed by atoms with E-state index in [0.717, 1.165) is 40.8 Å². The zero-order chi connectivity index (χ0) is 19.2. The summed E-state index contributed by atoms with van der Waals surface area (Å²) in [6, 6.07) is 14.5. The fourth-order valence-electron chi connectivity index (χ4n) is 3.90. The number of aromatic nitrogens is 1. The van der Waals surface area contributed by atoms with Crippen LogP contribution in [-0.4, -0.2) is 19.4 Å². The van der Waals surface area contributed by atoms with Gasteiger partial charge >= 0.3 is 0 Å². The first-order valence-electron chi connectivity index (χ1n) is 8.92. The standard InChI is InChI=1S/C21H21ClN2O2S/c1-14-6-3-4-9-17(14)21-18-10-11-20(23-2)19(18)13-24(21)27(25,26)16-8-5-7-15(22)12-16/h3-9,12-13,20,23H,10-11H2,1-2H3. The Hall–Kier alpha value is -2.08. The zero-order valence-corrected chi connectivity index (χ0v) is 16.8. The second-order valence-corrected chi connectivity index (χ2v) is 9.12. The number of nitrogens with zero attached hydrogens (tertiary/aromatic N) is 1. The summed E-state index contributed by atoms with van der Waals surface area (Å²) in [5, 5.41) is 3.70. The second kappa shape index (κ2) is 6.82. The molecule has 1 aliphatic carbocycles. The topological polar surface area (TPSA) is 51.1 Å². The first-order chi connectivity index (χ1) is 12.9. The van der Waals surface area contributed by atoms with Gasteiger partial charge in [0.25, 0.3) is 10.0 Å². The molecule has 1 heterocycles. The number of hydrogen-bond acceptors (Lipinski definition) is 3. The van der Waals surface area contributed by atoms with Crippen LogP contribution in [0, 0.1) is 6.92 Å². The van der Waals surface area contributed by atoms with Gasteiger partial charge in [-0.1, -0.05) is 41.9 Å². The maximum Gasteiger partial charge on any atom is 0.268 e. The Balaban J connectivity index is 2.00. The Morgan fingerprint density at radius 1 is 1.15 bits per heavy atom. The van der Waals surface area contributed by atoms with E-state index in [0.29, 0.717) is 5.02 Å². The fraction of sp³-hybridized carbons (Fsp3) is 0.238. The number of halogens is 1. The van der Waals surface area contributed by atoms with Crippen molar-refractivity contribution in [2.24, 2.45) is 0 Å². The van der Waals surface area contributed by atoms with Crippen LogP contribution >= 0.6 is 11.6 Å². The van der Waals surface area contributed by atoms with Gasteiger partial charge in [0.15, 0.2) is 0 Å². The number of rotatable bonds is 4. The summed E-state index contributed by atoms with van der Waals surface area (Å²) in [5.41, 5.74) is 4.92. The minimum atomic E-state index is -3.76. The van der Waals surface area contributed by atoms with E-state index in [1.165, 1.54) is 10.0 Å². The Bertz CT molecular complexity index is 1120. The lowest BCUT2D eigenvalue weighted by atomic mass is 10.0. The van der Waals surface area contributed by atoms with Crippen molar-refractivity contribution in [3.8, 4) is 11.3 Å². The number of aryl methyl sites for hydroxylation is 1. The van der Waals surface area contributed by atoms with Crippen LogP contribution in [0.2, 0.25) is 5.02 Å². The zero-order valence-electron chi connectivity index (χ0n) is 15.2. The minimum absolute atomic E-state index is 0.165. The van der Waals surface area contributed by atoms with Gasteiger partial charge in [0, 0.05) is 22.8 Å². The van der Waals surface area contributed by atoms with Gasteiger partial charge < -0.3 is 5.32 Å². The van der Waals surface area contributed by atoms with Crippen molar-refractivity contribution in [1.82, 2.24) is 9.29 Å². The van der Waals surface area contributed by atoms with Crippen molar-refractivity contribution < 1.29 is 8.42 Å². The molecule has 4 nitrogen and oxygen atoms in total. The molecule has 0 radical (unpaired) electrons.